The number of aliphatic imine (C=N–C) groups is 1. The van der Waals surface area contributed by atoms with Crippen molar-refractivity contribution in [3.05, 3.63) is 21.7 Å². The summed E-state index contributed by atoms with van der Waals surface area (Å²) in [5.74, 6) is 0. The minimum atomic E-state index is -0.0670. The van der Waals surface area contributed by atoms with Gasteiger partial charge in [-0.05, 0) is 41.6 Å². The summed E-state index contributed by atoms with van der Waals surface area (Å²) < 4.78 is 1.13. The molecule has 0 atom stereocenters. The van der Waals surface area contributed by atoms with Gasteiger partial charge < -0.3 is 5.32 Å². The van der Waals surface area contributed by atoms with Crippen molar-refractivity contribution in [2.75, 3.05) is 5.32 Å². The molecule has 2 aromatic rings. The van der Waals surface area contributed by atoms with E-state index in [9.17, 15) is 0 Å². The average Bonchev–Trinajstić information content (AvgIpc) is 3.09. The van der Waals surface area contributed by atoms with Crippen LogP contribution in [0.4, 0.5) is 5.69 Å². The molecule has 1 saturated carbocycles. The molecule has 0 bridgehead atoms. The largest absolute Gasteiger partial charge is 0.359 e. The van der Waals surface area contributed by atoms with Gasteiger partial charge in [-0.3, -0.25) is 10.1 Å². The molecule has 0 radical (unpaired) electrons. The molecule has 20 heavy (non-hydrogen) atoms. The van der Waals surface area contributed by atoms with Crippen LogP contribution in [0.1, 0.15) is 37.0 Å². The Bertz CT molecular complexity index is 653. The molecular weight excluding hydrogens is 336 g/mol. The van der Waals surface area contributed by atoms with Crippen LogP contribution in [0.25, 0.3) is 10.4 Å². The van der Waals surface area contributed by atoms with Gasteiger partial charge >= 0.3 is 0 Å². The standard InChI is InChI=1S/C14H15BrN4S/c15-11-12-10(20-13(11)9-6-17-18-7-9)8-16-14(19-12)4-2-1-3-5-14/h6-8,19H,1-5H2,(H,17,18). The first-order valence-corrected chi connectivity index (χ1v) is 8.53. The molecular formula is C14H15BrN4S. The summed E-state index contributed by atoms with van der Waals surface area (Å²) in [6, 6.07) is 0. The normalized spacial score (nSPS) is 19.9. The van der Waals surface area contributed by atoms with Crippen LogP contribution in [0.15, 0.2) is 21.9 Å². The highest BCUT2D eigenvalue weighted by Crippen LogP contribution is 2.47. The lowest BCUT2D eigenvalue weighted by molar-refractivity contribution is 0.335. The second-order valence-electron chi connectivity index (χ2n) is 5.45. The van der Waals surface area contributed by atoms with Gasteiger partial charge in [0.2, 0.25) is 0 Å². The van der Waals surface area contributed by atoms with Crippen LogP contribution >= 0.6 is 27.3 Å². The van der Waals surface area contributed by atoms with E-state index in [0.717, 1.165) is 22.9 Å². The molecule has 104 valence electrons. The van der Waals surface area contributed by atoms with E-state index >= 15 is 0 Å². The molecule has 6 heteroatoms. The van der Waals surface area contributed by atoms with Gasteiger partial charge in [0.05, 0.1) is 26.1 Å². The number of nitrogens with one attached hydrogen (secondary N) is 2. The van der Waals surface area contributed by atoms with Crippen LogP contribution in [0, 0.1) is 0 Å². The van der Waals surface area contributed by atoms with Crippen LogP contribution in [-0.2, 0) is 0 Å². The zero-order valence-corrected chi connectivity index (χ0v) is 13.4. The van der Waals surface area contributed by atoms with Crippen molar-refractivity contribution in [3.63, 3.8) is 0 Å². The van der Waals surface area contributed by atoms with E-state index in [4.69, 9.17) is 4.99 Å². The third-order valence-corrected chi connectivity index (χ3v) is 6.33. The molecule has 3 heterocycles. The lowest BCUT2D eigenvalue weighted by atomic mass is 9.88. The van der Waals surface area contributed by atoms with Crippen LogP contribution in [-0.4, -0.2) is 22.1 Å². The second kappa shape index (κ2) is 4.70. The highest BCUT2D eigenvalue weighted by molar-refractivity contribution is 9.10. The first-order chi connectivity index (χ1) is 9.77. The molecule has 0 unspecified atom stereocenters. The SMILES string of the molecule is Brc1c(-c2cn[nH]c2)sc2c1NC1(CCCCC1)N=C2. The van der Waals surface area contributed by atoms with Crippen molar-refractivity contribution >= 4 is 39.2 Å². The Balaban J connectivity index is 1.74. The third-order valence-electron chi connectivity index (χ3n) is 4.10. The van der Waals surface area contributed by atoms with Crippen molar-refractivity contribution in [2.24, 2.45) is 4.99 Å². The summed E-state index contributed by atoms with van der Waals surface area (Å²) in [5.41, 5.74) is 2.25. The predicted octanol–water partition coefficient (Wildman–Crippen LogP) is 4.41. The van der Waals surface area contributed by atoms with E-state index in [1.54, 1.807) is 11.3 Å². The third kappa shape index (κ3) is 1.93. The van der Waals surface area contributed by atoms with E-state index in [-0.39, 0.29) is 5.66 Å². The van der Waals surface area contributed by atoms with Gasteiger partial charge in [-0.15, -0.1) is 11.3 Å². The molecule has 0 saturated heterocycles. The molecule has 4 rings (SSSR count). The fraction of sp³-hybridized carbons (Fsp3) is 0.429. The zero-order chi connectivity index (χ0) is 13.6. The van der Waals surface area contributed by atoms with E-state index in [0.29, 0.717) is 0 Å². The van der Waals surface area contributed by atoms with E-state index in [1.165, 1.54) is 34.7 Å². The number of anilines is 1. The van der Waals surface area contributed by atoms with E-state index < -0.39 is 0 Å². The number of thiophene rings is 1. The number of hydrogen-bond donors (Lipinski definition) is 2. The molecule has 2 N–H and O–H groups in total. The smallest absolute Gasteiger partial charge is 0.129 e. The monoisotopic (exact) mass is 350 g/mol. The molecule has 1 fully saturated rings. The van der Waals surface area contributed by atoms with Crippen molar-refractivity contribution in [1.29, 1.82) is 0 Å². The van der Waals surface area contributed by atoms with Gasteiger partial charge in [-0.25, -0.2) is 0 Å². The van der Waals surface area contributed by atoms with Gasteiger partial charge in [0.1, 0.15) is 5.66 Å². The Morgan fingerprint density at radius 3 is 2.85 bits per heavy atom. The van der Waals surface area contributed by atoms with Crippen LogP contribution in [0.5, 0.6) is 0 Å². The maximum atomic E-state index is 4.83. The Morgan fingerprint density at radius 1 is 1.25 bits per heavy atom. The fourth-order valence-electron chi connectivity index (χ4n) is 3.03. The number of halogens is 1. The highest BCUT2D eigenvalue weighted by atomic mass is 79.9. The summed E-state index contributed by atoms with van der Waals surface area (Å²) in [6.45, 7) is 0. The number of hydrogen-bond acceptors (Lipinski definition) is 4. The van der Waals surface area contributed by atoms with Crippen LogP contribution < -0.4 is 5.32 Å². The quantitative estimate of drug-likeness (QED) is 0.800. The van der Waals surface area contributed by atoms with Crippen molar-refractivity contribution in [1.82, 2.24) is 10.2 Å². The van der Waals surface area contributed by atoms with Gasteiger partial charge in [0, 0.05) is 18.0 Å². The summed E-state index contributed by atoms with van der Waals surface area (Å²) >= 11 is 5.50. The number of fused-ring (bicyclic) bond motifs is 1. The summed E-state index contributed by atoms with van der Waals surface area (Å²) in [7, 11) is 0. The zero-order valence-electron chi connectivity index (χ0n) is 10.9. The maximum Gasteiger partial charge on any atom is 0.129 e. The molecule has 1 aliphatic carbocycles. The molecule has 2 aliphatic rings. The van der Waals surface area contributed by atoms with Crippen molar-refractivity contribution in [3.8, 4) is 10.4 Å². The highest BCUT2D eigenvalue weighted by Gasteiger charge is 2.35. The Labute approximate surface area is 129 Å². The minimum Gasteiger partial charge on any atom is -0.359 e. The van der Waals surface area contributed by atoms with Gasteiger partial charge in [0.25, 0.3) is 0 Å². The maximum absolute atomic E-state index is 4.83. The van der Waals surface area contributed by atoms with E-state index in [2.05, 4.69) is 37.7 Å². The van der Waals surface area contributed by atoms with Crippen LogP contribution in [0.3, 0.4) is 0 Å². The van der Waals surface area contributed by atoms with Gasteiger partial charge in [-0.1, -0.05) is 6.42 Å². The Morgan fingerprint density at radius 2 is 2.10 bits per heavy atom. The summed E-state index contributed by atoms with van der Waals surface area (Å²) in [5, 5.41) is 10.6. The number of H-pyrrole nitrogens is 1. The molecule has 0 amide bonds. The Hall–Kier alpha value is -1.14. The number of nitrogens with zero attached hydrogens (tertiary/aromatic N) is 2. The number of rotatable bonds is 1. The Kier molecular flexibility index (Phi) is 2.96. The number of aromatic nitrogens is 2. The van der Waals surface area contributed by atoms with Gasteiger partial charge in [0.15, 0.2) is 0 Å². The number of aromatic amines is 1. The molecule has 1 aliphatic heterocycles. The van der Waals surface area contributed by atoms with Gasteiger partial charge in [-0.2, -0.15) is 5.10 Å². The molecule has 1 spiro atoms. The lowest BCUT2D eigenvalue weighted by Crippen LogP contribution is -2.40. The molecule has 4 nitrogen and oxygen atoms in total. The first-order valence-electron chi connectivity index (χ1n) is 6.92. The van der Waals surface area contributed by atoms with Crippen LogP contribution in [0.2, 0.25) is 0 Å². The molecule has 0 aromatic carbocycles. The average molecular weight is 351 g/mol. The topological polar surface area (TPSA) is 53.1 Å². The first kappa shape index (κ1) is 12.6. The summed E-state index contributed by atoms with van der Waals surface area (Å²) in [4.78, 5) is 7.23. The fourth-order valence-corrected chi connectivity index (χ4v) is 4.95. The molecule has 2 aromatic heterocycles. The minimum absolute atomic E-state index is 0.0670. The lowest BCUT2D eigenvalue weighted by Gasteiger charge is -2.37. The predicted molar refractivity (Wildman–Crippen MR) is 86.6 cm³/mol. The van der Waals surface area contributed by atoms with Crippen molar-refractivity contribution < 1.29 is 0 Å². The summed E-state index contributed by atoms with van der Waals surface area (Å²) in [6.07, 6.45) is 11.9. The van der Waals surface area contributed by atoms with Crippen molar-refractivity contribution in [2.45, 2.75) is 37.8 Å². The van der Waals surface area contributed by atoms with E-state index in [1.807, 2.05) is 12.4 Å². The second-order valence-corrected chi connectivity index (χ2v) is 7.29.